The minimum Gasteiger partial charge on any atom is -0.399 e. The number of aryl methyl sites for hydroxylation is 1. The third-order valence-electron chi connectivity index (χ3n) is 3.21. The van der Waals surface area contributed by atoms with Gasteiger partial charge in [0.1, 0.15) is 0 Å². The second kappa shape index (κ2) is 3.62. The van der Waals surface area contributed by atoms with E-state index in [9.17, 15) is 0 Å². The van der Waals surface area contributed by atoms with Crippen molar-refractivity contribution < 1.29 is 0 Å². The fraction of sp³-hybridized carbons (Fsp3) is 0.500. The molecule has 1 aromatic rings. The molecular weight excluding hydrogens is 172 g/mol. The lowest BCUT2D eigenvalue weighted by Gasteiger charge is -2.20. The SMILES string of the molecule is Cc1ccc(C2CCCN2C)cc1N. The zero-order valence-electron chi connectivity index (χ0n) is 8.96. The Hall–Kier alpha value is -1.02. The third kappa shape index (κ3) is 1.62. The topological polar surface area (TPSA) is 29.3 Å². The molecule has 76 valence electrons. The molecule has 2 rings (SSSR count). The van der Waals surface area contributed by atoms with Crippen molar-refractivity contribution >= 4 is 5.69 Å². The van der Waals surface area contributed by atoms with Gasteiger partial charge in [-0.3, -0.25) is 4.90 Å². The lowest BCUT2D eigenvalue weighted by atomic mass is 10.0. The number of hydrogen-bond donors (Lipinski definition) is 1. The fourth-order valence-corrected chi connectivity index (χ4v) is 2.20. The van der Waals surface area contributed by atoms with Gasteiger partial charge in [0, 0.05) is 11.7 Å². The number of anilines is 1. The van der Waals surface area contributed by atoms with E-state index in [0.29, 0.717) is 6.04 Å². The van der Waals surface area contributed by atoms with Crippen LogP contribution in [-0.4, -0.2) is 18.5 Å². The van der Waals surface area contributed by atoms with E-state index >= 15 is 0 Å². The minimum atomic E-state index is 0.581. The van der Waals surface area contributed by atoms with Crippen LogP contribution in [0.1, 0.15) is 30.0 Å². The van der Waals surface area contributed by atoms with Gasteiger partial charge in [-0.2, -0.15) is 0 Å². The highest BCUT2D eigenvalue weighted by Crippen LogP contribution is 2.31. The summed E-state index contributed by atoms with van der Waals surface area (Å²) in [6, 6.07) is 7.04. The maximum atomic E-state index is 5.92. The van der Waals surface area contributed by atoms with E-state index in [0.717, 1.165) is 5.69 Å². The fourth-order valence-electron chi connectivity index (χ4n) is 2.20. The van der Waals surface area contributed by atoms with Gasteiger partial charge >= 0.3 is 0 Å². The second-order valence-corrected chi connectivity index (χ2v) is 4.25. The molecule has 1 fully saturated rings. The van der Waals surface area contributed by atoms with Crippen LogP contribution < -0.4 is 5.73 Å². The van der Waals surface area contributed by atoms with Crippen molar-refractivity contribution in [3.05, 3.63) is 29.3 Å². The summed E-state index contributed by atoms with van der Waals surface area (Å²) in [6.07, 6.45) is 2.56. The minimum absolute atomic E-state index is 0.581. The van der Waals surface area contributed by atoms with Crippen molar-refractivity contribution in [2.45, 2.75) is 25.8 Å². The third-order valence-corrected chi connectivity index (χ3v) is 3.21. The molecule has 0 bridgehead atoms. The first-order valence-corrected chi connectivity index (χ1v) is 5.25. The molecule has 0 aliphatic carbocycles. The molecule has 2 nitrogen and oxygen atoms in total. The van der Waals surface area contributed by atoms with Crippen molar-refractivity contribution in [1.29, 1.82) is 0 Å². The molecule has 0 spiro atoms. The Morgan fingerprint density at radius 1 is 1.43 bits per heavy atom. The van der Waals surface area contributed by atoms with E-state index in [2.05, 4.69) is 37.1 Å². The average molecular weight is 190 g/mol. The van der Waals surface area contributed by atoms with E-state index in [1.807, 2.05) is 0 Å². The monoisotopic (exact) mass is 190 g/mol. The Morgan fingerprint density at radius 2 is 2.21 bits per heavy atom. The van der Waals surface area contributed by atoms with Crippen molar-refractivity contribution in [1.82, 2.24) is 4.90 Å². The van der Waals surface area contributed by atoms with E-state index in [1.54, 1.807) is 0 Å². The quantitative estimate of drug-likeness (QED) is 0.689. The van der Waals surface area contributed by atoms with Gasteiger partial charge in [-0.1, -0.05) is 12.1 Å². The second-order valence-electron chi connectivity index (χ2n) is 4.25. The molecule has 1 atom stereocenters. The predicted molar refractivity (Wildman–Crippen MR) is 60.2 cm³/mol. The van der Waals surface area contributed by atoms with Crippen LogP contribution in [0.15, 0.2) is 18.2 Å². The van der Waals surface area contributed by atoms with E-state index in [1.165, 1.54) is 30.5 Å². The number of nitrogen functional groups attached to an aromatic ring is 1. The summed E-state index contributed by atoms with van der Waals surface area (Å²) in [7, 11) is 2.19. The normalized spacial score (nSPS) is 22.9. The number of rotatable bonds is 1. The first-order chi connectivity index (χ1) is 6.68. The summed E-state index contributed by atoms with van der Waals surface area (Å²) in [5.74, 6) is 0. The van der Waals surface area contributed by atoms with Gasteiger partial charge in [0.25, 0.3) is 0 Å². The van der Waals surface area contributed by atoms with Crippen LogP contribution in [0.2, 0.25) is 0 Å². The zero-order valence-corrected chi connectivity index (χ0v) is 8.96. The Balaban J connectivity index is 2.28. The van der Waals surface area contributed by atoms with E-state index in [-0.39, 0.29) is 0 Å². The van der Waals surface area contributed by atoms with Crippen molar-refractivity contribution in [2.75, 3.05) is 19.3 Å². The maximum Gasteiger partial charge on any atom is 0.0347 e. The molecule has 1 aromatic carbocycles. The van der Waals surface area contributed by atoms with Gasteiger partial charge in [0.05, 0.1) is 0 Å². The number of nitrogens with zero attached hydrogens (tertiary/aromatic N) is 1. The van der Waals surface area contributed by atoms with Gasteiger partial charge in [0.2, 0.25) is 0 Å². The van der Waals surface area contributed by atoms with Crippen LogP contribution in [0.4, 0.5) is 5.69 Å². The lowest BCUT2D eigenvalue weighted by Crippen LogP contribution is -2.17. The summed E-state index contributed by atoms with van der Waals surface area (Å²) in [5, 5.41) is 0. The van der Waals surface area contributed by atoms with E-state index < -0.39 is 0 Å². The van der Waals surface area contributed by atoms with Gasteiger partial charge in [-0.15, -0.1) is 0 Å². The molecule has 0 saturated carbocycles. The summed E-state index contributed by atoms with van der Waals surface area (Å²) in [5.41, 5.74) is 9.38. The molecule has 1 aliphatic heterocycles. The van der Waals surface area contributed by atoms with Gasteiger partial charge in [-0.25, -0.2) is 0 Å². The number of hydrogen-bond acceptors (Lipinski definition) is 2. The number of benzene rings is 1. The molecule has 1 saturated heterocycles. The maximum absolute atomic E-state index is 5.92. The van der Waals surface area contributed by atoms with Gasteiger partial charge < -0.3 is 5.73 Å². The lowest BCUT2D eigenvalue weighted by molar-refractivity contribution is 0.317. The summed E-state index contributed by atoms with van der Waals surface area (Å²) < 4.78 is 0. The Labute approximate surface area is 85.7 Å². The van der Waals surface area contributed by atoms with Crippen LogP contribution in [-0.2, 0) is 0 Å². The Bertz CT molecular complexity index is 333. The van der Waals surface area contributed by atoms with Crippen LogP contribution in [0, 0.1) is 6.92 Å². The Morgan fingerprint density at radius 3 is 2.79 bits per heavy atom. The highest BCUT2D eigenvalue weighted by atomic mass is 15.1. The van der Waals surface area contributed by atoms with Crippen LogP contribution >= 0.6 is 0 Å². The van der Waals surface area contributed by atoms with Crippen LogP contribution in [0.5, 0.6) is 0 Å². The molecule has 0 aromatic heterocycles. The van der Waals surface area contributed by atoms with Crippen molar-refractivity contribution in [2.24, 2.45) is 0 Å². The molecule has 0 amide bonds. The summed E-state index contributed by atoms with van der Waals surface area (Å²) in [6.45, 7) is 3.26. The highest BCUT2D eigenvalue weighted by Gasteiger charge is 2.22. The predicted octanol–water partition coefficient (Wildman–Crippen LogP) is 2.34. The number of nitrogens with two attached hydrogens (primary N) is 1. The first-order valence-electron chi connectivity index (χ1n) is 5.25. The molecule has 2 heteroatoms. The summed E-state index contributed by atoms with van der Waals surface area (Å²) >= 11 is 0. The smallest absolute Gasteiger partial charge is 0.0347 e. The molecule has 1 unspecified atom stereocenters. The van der Waals surface area contributed by atoms with Crippen molar-refractivity contribution in [3.63, 3.8) is 0 Å². The summed E-state index contributed by atoms with van der Waals surface area (Å²) in [4.78, 5) is 2.41. The average Bonchev–Trinajstić information content (AvgIpc) is 2.57. The molecule has 1 aliphatic rings. The zero-order chi connectivity index (χ0) is 10.1. The molecule has 1 heterocycles. The molecule has 2 N–H and O–H groups in total. The van der Waals surface area contributed by atoms with Crippen LogP contribution in [0.3, 0.4) is 0 Å². The van der Waals surface area contributed by atoms with Gasteiger partial charge in [-0.05, 0) is 50.6 Å². The van der Waals surface area contributed by atoms with E-state index in [4.69, 9.17) is 5.73 Å². The number of likely N-dealkylation sites (tertiary alicyclic amines) is 1. The molecular formula is C12H18N2. The molecule has 0 radical (unpaired) electrons. The Kier molecular flexibility index (Phi) is 2.46. The highest BCUT2D eigenvalue weighted by molar-refractivity contribution is 5.49. The van der Waals surface area contributed by atoms with Crippen LogP contribution in [0.25, 0.3) is 0 Å². The molecule has 14 heavy (non-hydrogen) atoms. The largest absolute Gasteiger partial charge is 0.399 e. The first kappa shape index (κ1) is 9.53. The van der Waals surface area contributed by atoms with Gasteiger partial charge in [0.15, 0.2) is 0 Å². The standard InChI is InChI=1S/C12H18N2/c1-9-5-6-10(8-11(9)13)12-4-3-7-14(12)2/h5-6,8,12H,3-4,7,13H2,1-2H3. The van der Waals surface area contributed by atoms with Crippen molar-refractivity contribution in [3.8, 4) is 0 Å².